The molecule has 112 valence electrons. The van der Waals surface area contributed by atoms with Crippen molar-refractivity contribution in [2.75, 3.05) is 6.54 Å². The van der Waals surface area contributed by atoms with Crippen molar-refractivity contribution in [3.05, 3.63) is 16.1 Å². The summed E-state index contributed by atoms with van der Waals surface area (Å²) in [5.41, 5.74) is 0.857. The van der Waals surface area contributed by atoms with Crippen LogP contribution in [0.2, 0.25) is 0 Å². The maximum absolute atomic E-state index is 11.8. The number of aromatic nitrogens is 1. The highest BCUT2D eigenvalue weighted by Gasteiger charge is 2.18. The SMILES string of the molecule is CC1CCCC(CCNC(=O)Cc2nc(CCl)cs2)C1. The Morgan fingerprint density at radius 2 is 2.40 bits per heavy atom. The fraction of sp³-hybridized carbons (Fsp3) is 0.733. The van der Waals surface area contributed by atoms with Gasteiger partial charge in [-0.1, -0.05) is 26.2 Å². The summed E-state index contributed by atoms with van der Waals surface area (Å²) in [7, 11) is 0. The van der Waals surface area contributed by atoms with E-state index in [0.29, 0.717) is 12.3 Å². The van der Waals surface area contributed by atoms with Gasteiger partial charge in [0.15, 0.2) is 0 Å². The predicted molar refractivity (Wildman–Crippen MR) is 84.1 cm³/mol. The Balaban J connectivity index is 1.64. The Morgan fingerprint density at radius 3 is 3.10 bits per heavy atom. The maximum Gasteiger partial charge on any atom is 0.226 e. The van der Waals surface area contributed by atoms with Gasteiger partial charge in [0, 0.05) is 11.9 Å². The molecule has 0 aromatic carbocycles. The van der Waals surface area contributed by atoms with Crippen LogP contribution in [0.4, 0.5) is 0 Å². The number of hydrogen-bond acceptors (Lipinski definition) is 3. The van der Waals surface area contributed by atoms with Gasteiger partial charge in [0.2, 0.25) is 5.91 Å². The zero-order chi connectivity index (χ0) is 14.4. The van der Waals surface area contributed by atoms with Crippen LogP contribution in [0.3, 0.4) is 0 Å². The Morgan fingerprint density at radius 1 is 1.55 bits per heavy atom. The molecule has 1 N–H and O–H groups in total. The third kappa shape index (κ3) is 5.06. The van der Waals surface area contributed by atoms with Crippen molar-refractivity contribution in [2.45, 2.75) is 51.3 Å². The van der Waals surface area contributed by atoms with Gasteiger partial charge in [-0.25, -0.2) is 4.98 Å². The third-order valence-electron chi connectivity index (χ3n) is 3.97. The number of rotatable bonds is 6. The van der Waals surface area contributed by atoms with Crippen LogP contribution in [0.15, 0.2) is 5.38 Å². The molecule has 1 fully saturated rings. The summed E-state index contributed by atoms with van der Waals surface area (Å²) < 4.78 is 0. The van der Waals surface area contributed by atoms with Gasteiger partial charge in [-0.05, 0) is 24.7 Å². The molecule has 1 aliphatic carbocycles. The van der Waals surface area contributed by atoms with E-state index in [2.05, 4.69) is 17.2 Å². The molecular weight excluding hydrogens is 292 g/mol. The molecule has 1 heterocycles. The highest BCUT2D eigenvalue weighted by Crippen LogP contribution is 2.30. The van der Waals surface area contributed by atoms with Crippen molar-refractivity contribution in [3.8, 4) is 0 Å². The second-order valence-electron chi connectivity index (χ2n) is 5.82. The average molecular weight is 315 g/mol. The molecular formula is C15H23ClN2OS. The number of amides is 1. The van der Waals surface area contributed by atoms with Crippen molar-refractivity contribution in [2.24, 2.45) is 11.8 Å². The highest BCUT2D eigenvalue weighted by atomic mass is 35.5. The molecule has 0 saturated heterocycles. The van der Waals surface area contributed by atoms with Crippen molar-refractivity contribution >= 4 is 28.8 Å². The van der Waals surface area contributed by atoms with E-state index < -0.39 is 0 Å². The Hall–Kier alpha value is -0.610. The first-order valence-electron chi connectivity index (χ1n) is 7.43. The molecule has 2 rings (SSSR count). The summed E-state index contributed by atoms with van der Waals surface area (Å²) in [5.74, 6) is 2.14. The minimum Gasteiger partial charge on any atom is -0.356 e. The second-order valence-corrected chi connectivity index (χ2v) is 7.03. The number of carbonyl (C=O) groups excluding carboxylic acids is 1. The normalized spacial score (nSPS) is 22.7. The molecule has 0 spiro atoms. The lowest BCUT2D eigenvalue weighted by Crippen LogP contribution is -2.28. The molecule has 5 heteroatoms. The molecule has 1 aromatic rings. The van der Waals surface area contributed by atoms with E-state index in [1.807, 2.05) is 5.38 Å². The highest BCUT2D eigenvalue weighted by molar-refractivity contribution is 7.09. The molecule has 20 heavy (non-hydrogen) atoms. The van der Waals surface area contributed by atoms with Crippen LogP contribution in [0, 0.1) is 11.8 Å². The van der Waals surface area contributed by atoms with E-state index in [0.717, 1.165) is 35.5 Å². The number of thiazole rings is 1. The van der Waals surface area contributed by atoms with Gasteiger partial charge in [-0.3, -0.25) is 4.79 Å². The summed E-state index contributed by atoms with van der Waals surface area (Å²) in [6, 6.07) is 0. The third-order valence-corrected chi connectivity index (χ3v) is 5.14. The molecule has 0 bridgehead atoms. The summed E-state index contributed by atoms with van der Waals surface area (Å²) in [6.45, 7) is 3.13. The number of halogens is 1. The van der Waals surface area contributed by atoms with E-state index in [1.165, 1.54) is 37.0 Å². The van der Waals surface area contributed by atoms with Crippen molar-refractivity contribution in [3.63, 3.8) is 0 Å². The fourth-order valence-electron chi connectivity index (χ4n) is 2.93. The molecule has 1 aliphatic rings. The lowest BCUT2D eigenvalue weighted by molar-refractivity contribution is -0.120. The summed E-state index contributed by atoms with van der Waals surface area (Å²) in [4.78, 5) is 16.1. The van der Waals surface area contributed by atoms with E-state index >= 15 is 0 Å². The first-order valence-corrected chi connectivity index (χ1v) is 8.84. The molecule has 1 saturated carbocycles. The number of alkyl halides is 1. The van der Waals surface area contributed by atoms with Gasteiger partial charge in [-0.2, -0.15) is 0 Å². The zero-order valence-electron chi connectivity index (χ0n) is 12.0. The van der Waals surface area contributed by atoms with Crippen LogP contribution < -0.4 is 5.32 Å². The Labute approximate surface area is 130 Å². The molecule has 0 radical (unpaired) electrons. The number of hydrogen-bond donors (Lipinski definition) is 1. The summed E-state index contributed by atoms with van der Waals surface area (Å²) in [6.07, 6.45) is 6.85. The monoisotopic (exact) mass is 314 g/mol. The summed E-state index contributed by atoms with van der Waals surface area (Å²) in [5, 5.41) is 5.78. The molecule has 2 atom stereocenters. The van der Waals surface area contributed by atoms with Crippen LogP contribution in [0.5, 0.6) is 0 Å². The van der Waals surface area contributed by atoms with Crippen LogP contribution in [-0.4, -0.2) is 17.4 Å². The lowest BCUT2D eigenvalue weighted by atomic mass is 9.81. The van der Waals surface area contributed by atoms with Crippen LogP contribution in [0.1, 0.15) is 49.7 Å². The van der Waals surface area contributed by atoms with Crippen LogP contribution in [0.25, 0.3) is 0 Å². The minimum absolute atomic E-state index is 0.0735. The lowest BCUT2D eigenvalue weighted by Gasteiger charge is -2.26. The Kier molecular flexibility index (Phi) is 6.30. The predicted octanol–water partition coefficient (Wildman–Crippen LogP) is 3.76. The first kappa shape index (κ1) is 15.8. The van der Waals surface area contributed by atoms with Gasteiger partial charge in [0.25, 0.3) is 0 Å². The second kappa shape index (κ2) is 7.99. The van der Waals surface area contributed by atoms with Crippen molar-refractivity contribution in [1.29, 1.82) is 0 Å². The number of nitrogens with zero attached hydrogens (tertiary/aromatic N) is 1. The number of nitrogens with one attached hydrogen (secondary N) is 1. The standard InChI is InChI=1S/C15H23ClN2OS/c1-11-3-2-4-12(7-11)5-6-17-14(19)8-15-18-13(9-16)10-20-15/h10-12H,2-9H2,1H3,(H,17,19). The minimum atomic E-state index is 0.0735. The average Bonchev–Trinajstić information content (AvgIpc) is 2.86. The van der Waals surface area contributed by atoms with E-state index in [4.69, 9.17) is 11.6 Å². The van der Waals surface area contributed by atoms with Gasteiger partial charge >= 0.3 is 0 Å². The van der Waals surface area contributed by atoms with E-state index in [-0.39, 0.29) is 5.91 Å². The smallest absolute Gasteiger partial charge is 0.226 e. The van der Waals surface area contributed by atoms with Crippen molar-refractivity contribution in [1.82, 2.24) is 10.3 Å². The number of carbonyl (C=O) groups is 1. The molecule has 3 nitrogen and oxygen atoms in total. The first-order chi connectivity index (χ1) is 9.67. The largest absolute Gasteiger partial charge is 0.356 e. The van der Waals surface area contributed by atoms with E-state index in [1.54, 1.807) is 0 Å². The quantitative estimate of drug-likeness (QED) is 0.812. The Bertz CT molecular complexity index is 435. The molecule has 2 unspecified atom stereocenters. The van der Waals surface area contributed by atoms with Crippen LogP contribution in [-0.2, 0) is 17.1 Å². The van der Waals surface area contributed by atoms with Gasteiger partial charge in [0.05, 0.1) is 18.0 Å². The van der Waals surface area contributed by atoms with Gasteiger partial charge in [0.1, 0.15) is 5.01 Å². The maximum atomic E-state index is 11.8. The molecule has 1 amide bonds. The summed E-state index contributed by atoms with van der Waals surface area (Å²) >= 11 is 7.21. The molecule has 0 aliphatic heterocycles. The van der Waals surface area contributed by atoms with Crippen LogP contribution >= 0.6 is 22.9 Å². The fourth-order valence-corrected chi connectivity index (χ4v) is 3.95. The van der Waals surface area contributed by atoms with E-state index in [9.17, 15) is 4.79 Å². The zero-order valence-corrected chi connectivity index (χ0v) is 13.6. The van der Waals surface area contributed by atoms with Crippen molar-refractivity contribution < 1.29 is 4.79 Å². The topological polar surface area (TPSA) is 42.0 Å². The van der Waals surface area contributed by atoms with Gasteiger partial charge < -0.3 is 5.32 Å². The van der Waals surface area contributed by atoms with Gasteiger partial charge in [-0.15, -0.1) is 22.9 Å². The molecule has 1 aromatic heterocycles.